The summed E-state index contributed by atoms with van der Waals surface area (Å²) in [5.74, 6) is -0.782. The zero-order valence-corrected chi connectivity index (χ0v) is 84.8. The number of carbonyl (C=O) groups excluding carboxylic acids is 11. The number of primary amides is 1. The van der Waals surface area contributed by atoms with E-state index in [4.69, 9.17) is 77.1 Å². The van der Waals surface area contributed by atoms with Gasteiger partial charge in [0.05, 0.1) is 168 Å². The molecule has 0 bridgehead atoms. The number of ketones is 2. The number of rotatable bonds is 63. The number of amides is 10. The second kappa shape index (κ2) is 57.9. The van der Waals surface area contributed by atoms with Crippen LogP contribution < -0.4 is 53.2 Å². The van der Waals surface area contributed by atoms with Gasteiger partial charge in [0, 0.05) is 72.5 Å². The molecule has 0 radical (unpaired) electrons. The van der Waals surface area contributed by atoms with Crippen LogP contribution in [0, 0.1) is 40.4 Å². The van der Waals surface area contributed by atoms with Crippen LogP contribution in [0.5, 0.6) is 0 Å². The van der Waals surface area contributed by atoms with E-state index in [0.29, 0.717) is 115 Å². The summed E-state index contributed by atoms with van der Waals surface area (Å²) in [5.41, 5.74) is 3.57. The molecule has 10 amide bonds. The number of hydrogen-bond acceptors (Lipinski definition) is 28. The Bertz CT molecular complexity index is 5180. The lowest BCUT2D eigenvalue weighted by Crippen LogP contribution is -2.71. The second-order valence-corrected chi connectivity index (χ2v) is 39.7. The van der Waals surface area contributed by atoms with E-state index in [1.807, 2.05) is 55.5 Å². The van der Waals surface area contributed by atoms with Gasteiger partial charge in [-0.15, -0.1) is 5.10 Å². The van der Waals surface area contributed by atoms with Gasteiger partial charge in [-0.3, -0.25) is 47.7 Å². The lowest BCUT2D eigenvalue weighted by molar-refractivity contribution is -0.233. The summed E-state index contributed by atoms with van der Waals surface area (Å²) < 4.78 is 122. The fraction of sp³-hybridized carbons (Fsp3) is 0.637. The Morgan fingerprint density at radius 2 is 1.28 bits per heavy atom. The molecule has 3 saturated carbocycles. The van der Waals surface area contributed by atoms with E-state index in [0.717, 1.165) is 47.7 Å². The SMILES string of the molecule is CCCC1O[C@@H]2C[C@H]3[C@@H]4C[C@H](F)C5=CC(=O)C=C[C@]5(C)[C@@]4(F)[C@@H](O)C[C@]3(C)[C@]2(C(=O)CNC(=O)OCc2ccc(NC(=O)[C@H](CCCNC(N)=O)NC(=O)[C@@H](NC(=O)[C@@H](CCCCNC(=O)COC3CCCCCc4c3nnn4CCOCCOCCOCCOCCOCCP(=O)(O)O)NC(=O)CCOCCOCCOCCOCCNC(=O)CCC(=O)N3Cc4ccccc4C#Cc4ccccc43)C(C)C)cc2)O1. The lowest BCUT2D eigenvalue weighted by atomic mass is 9.44. The maximum atomic E-state index is 18.1. The maximum absolute atomic E-state index is 18.1. The van der Waals surface area contributed by atoms with Crippen LogP contribution >= 0.6 is 7.60 Å². The Morgan fingerprint density at radius 3 is 1.96 bits per heavy atom. The molecule has 1 saturated heterocycles. The number of carbonyl (C=O) groups is 11. The molecule has 13 N–H and O–H groups in total. The third-order valence-electron chi connectivity index (χ3n) is 27.4. The smallest absolute Gasteiger partial charge is 0.407 e. The first-order valence-electron chi connectivity index (χ1n) is 50.6. The first-order chi connectivity index (χ1) is 70.2. The van der Waals surface area contributed by atoms with Gasteiger partial charge >= 0.3 is 19.7 Å². The van der Waals surface area contributed by atoms with E-state index in [-0.39, 0.29) is 193 Å². The van der Waals surface area contributed by atoms with Crippen molar-refractivity contribution in [1.82, 2.24) is 52.2 Å². The van der Waals surface area contributed by atoms with Crippen molar-refractivity contribution in [2.45, 2.75) is 230 Å². The van der Waals surface area contributed by atoms with Crippen molar-refractivity contribution < 1.29 is 143 Å². The Balaban J connectivity index is 0.624. The van der Waals surface area contributed by atoms with Crippen LogP contribution in [0.2, 0.25) is 0 Å². The van der Waals surface area contributed by atoms with Gasteiger partial charge in [-0.2, -0.15) is 0 Å². The van der Waals surface area contributed by atoms with Gasteiger partial charge in [0.2, 0.25) is 41.4 Å². The van der Waals surface area contributed by atoms with Crippen LogP contribution in [0.15, 0.2) is 96.6 Å². The first kappa shape index (κ1) is 116. The zero-order chi connectivity index (χ0) is 105. The largest absolute Gasteiger partial charge is 0.445 e. The van der Waals surface area contributed by atoms with Crippen molar-refractivity contribution in [2.24, 2.45) is 34.3 Å². The number of nitrogens with one attached hydrogen (secondary N) is 8. The van der Waals surface area contributed by atoms with Crippen molar-refractivity contribution >= 4 is 84.0 Å². The average Bonchev–Trinajstić information content (AvgIpc) is 1.52. The summed E-state index contributed by atoms with van der Waals surface area (Å²) in [4.78, 5) is 169. The molecule has 3 heterocycles. The predicted octanol–water partition coefficient (Wildman–Crippen LogP) is 6.50. The third-order valence-corrected chi connectivity index (χ3v) is 28.2. The summed E-state index contributed by atoms with van der Waals surface area (Å²) in [6, 6.07) is 16.6. The van der Waals surface area contributed by atoms with Gasteiger partial charge in [-0.1, -0.05) is 113 Å². The molecular formula is C102H144F2N13O28P. The number of aliphatic hydroxyl groups is 1. The van der Waals surface area contributed by atoms with E-state index >= 15 is 8.78 Å². The Labute approximate surface area is 849 Å². The number of benzene rings is 3. The molecule has 11 rings (SSSR count). The van der Waals surface area contributed by atoms with Crippen LogP contribution in [0.1, 0.15) is 184 Å². The molecule has 804 valence electrons. The number of anilines is 2. The van der Waals surface area contributed by atoms with Gasteiger partial charge in [0.1, 0.15) is 49.3 Å². The minimum Gasteiger partial charge on any atom is -0.445 e. The molecule has 7 aliphatic rings. The number of nitrogens with two attached hydrogens (primary N) is 1. The molecule has 41 nitrogen and oxygen atoms in total. The topological polar surface area (TPSA) is 542 Å². The van der Waals surface area contributed by atoms with Crippen molar-refractivity contribution in [1.29, 1.82) is 0 Å². The van der Waals surface area contributed by atoms with Crippen molar-refractivity contribution in [3.8, 4) is 11.8 Å². The molecule has 2 aliphatic heterocycles. The molecule has 1 aromatic heterocycles. The monoisotopic (exact) mass is 2070 g/mol. The molecule has 2 unspecified atom stereocenters. The van der Waals surface area contributed by atoms with Gasteiger partial charge in [0.15, 0.2) is 29.1 Å². The minimum absolute atomic E-state index is 0.00212. The molecule has 4 aromatic rings. The quantitative estimate of drug-likeness (QED) is 0.0127. The van der Waals surface area contributed by atoms with Crippen molar-refractivity contribution in [3.63, 3.8) is 0 Å². The van der Waals surface area contributed by atoms with Gasteiger partial charge in [-0.25, -0.2) is 23.1 Å². The highest BCUT2D eigenvalue weighted by atomic mass is 31.2. The first-order valence-corrected chi connectivity index (χ1v) is 52.4. The maximum Gasteiger partial charge on any atom is 0.407 e. The van der Waals surface area contributed by atoms with Gasteiger partial charge in [-0.05, 0) is 155 Å². The minimum atomic E-state index is -4.10. The van der Waals surface area contributed by atoms with Crippen molar-refractivity contribution in [2.75, 3.05) is 168 Å². The van der Waals surface area contributed by atoms with E-state index in [1.165, 1.54) is 31.2 Å². The van der Waals surface area contributed by atoms with Gasteiger partial charge in [0.25, 0.3) is 0 Å². The van der Waals surface area contributed by atoms with Crippen molar-refractivity contribution in [3.05, 3.63) is 130 Å². The molecule has 4 fully saturated rings. The highest BCUT2D eigenvalue weighted by molar-refractivity contribution is 7.51. The number of nitrogens with zero attached hydrogens (tertiary/aromatic N) is 4. The summed E-state index contributed by atoms with van der Waals surface area (Å²) in [6.07, 6.45) is 1.68. The number of alkyl halides is 2. The number of urea groups is 1. The highest BCUT2D eigenvalue weighted by Crippen LogP contribution is 2.72. The number of hydrogen-bond donors (Lipinski definition) is 12. The van der Waals surface area contributed by atoms with E-state index in [1.54, 1.807) is 42.5 Å². The number of aliphatic hydroxyl groups excluding tert-OH is 1. The average molecular weight is 2070 g/mol. The van der Waals surface area contributed by atoms with Crippen LogP contribution in [0.4, 0.5) is 29.7 Å². The van der Waals surface area contributed by atoms with Gasteiger partial charge < -0.3 is 130 Å². The number of allylic oxidation sites excluding steroid dienone is 4. The van der Waals surface area contributed by atoms with E-state index < -0.39 is 156 Å². The standard InChI is InChI=1S/C102H144F2N13O28P/c1-6-17-91-144-86-62-75-76-61-78(103)77-60-74(118)34-36-99(77,4)101(76,104)84(119)63-100(75,5)102(86,145-91)85(120)64-109-98(129)143-66-69-26-30-73(31-27-69)110-94(125)80(22-16-38-108-97(105)128)112-96(127)92(68(2)3)113-95(126)79(21-14-15-37-106-89(123)67-142-83-25-9-7-8-24-82-93(83)114-115-117(82)40-43-135-46-49-138-52-53-139-54-55-140-56-57-141-58-59-146(130,131)132)111-88(122)35-41-133-44-47-136-50-51-137-48-45-134-42-39-107-87(121)32-33-90(124)116-65-72-20-11-10-18-70(72)28-29-71-19-12-13-23-81(71)116/h10-13,18-20,23,26-27,30-31,34,36,60,68,75-76,78-80,83-84,86,91-92,119H,6-9,14-17,21-22,24-25,32-33,35,37-59,61-67H2,1-5H3,(H,106,123)(H,107,121)(H,109,129)(H,110,125)(H,111,122)(H,112,127)(H,113,126)(H3,105,108,128)(H2,130,131,132)/t75-,76-,78-,79+,80-,83?,84-,86+,91?,92-,99-,100-,101-,102+/m0/s1. The molecule has 44 heteroatoms. The molecule has 5 aliphatic carbocycles. The molecule has 0 spiro atoms. The van der Waals surface area contributed by atoms with E-state index in [9.17, 15) is 62.4 Å². The molecular weight excluding hydrogens is 1920 g/mol. The number of halogens is 2. The third kappa shape index (κ3) is 33.0. The highest BCUT2D eigenvalue weighted by Gasteiger charge is 2.80. The second-order valence-electron chi connectivity index (χ2n) is 38.0. The number of fused-ring (bicyclic) bond motifs is 10. The Hall–Kier alpha value is -10.5. The number of Topliss-reactive ketones (excluding diaryl/α,β-unsaturated/α-hetero) is 1. The van der Waals surface area contributed by atoms with E-state index in [2.05, 4.69) is 64.7 Å². The molecule has 14 atom stereocenters. The van der Waals surface area contributed by atoms with Crippen LogP contribution in [0.3, 0.4) is 0 Å². The van der Waals surface area contributed by atoms with Crippen LogP contribution in [0.25, 0.3) is 0 Å². The normalized spacial score (nSPS) is 22.8. The Morgan fingerprint density at radius 1 is 0.658 bits per heavy atom. The van der Waals surface area contributed by atoms with Crippen LogP contribution in [-0.4, -0.2) is 307 Å². The fourth-order valence-corrected chi connectivity index (χ4v) is 20.2. The predicted molar refractivity (Wildman–Crippen MR) is 526 cm³/mol. The number of ether oxygens (including phenoxy) is 13. The summed E-state index contributed by atoms with van der Waals surface area (Å²) in [6.45, 7) is 12.6. The number of aromatic nitrogens is 3. The summed E-state index contributed by atoms with van der Waals surface area (Å²) in [5, 5.41) is 42.8. The molecule has 3 aromatic carbocycles. The fourth-order valence-electron chi connectivity index (χ4n) is 19.9. The molecule has 146 heavy (non-hydrogen) atoms. The summed E-state index contributed by atoms with van der Waals surface area (Å²) in [7, 11) is -4.10. The van der Waals surface area contributed by atoms with Crippen LogP contribution in [-0.2, 0) is 135 Å². The number of para-hydroxylation sites is 1. The summed E-state index contributed by atoms with van der Waals surface area (Å²) >= 11 is 0. The number of unbranched alkanes of at least 4 members (excludes halogenated alkanes) is 1. The Kier molecular flexibility index (Phi) is 45.9. The number of alkyl carbamates (subject to hydrolysis) is 1. The lowest BCUT2D eigenvalue weighted by Gasteiger charge is -2.63. The zero-order valence-electron chi connectivity index (χ0n) is 83.9.